The van der Waals surface area contributed by atoms with Crippen molar-refractivity contribution in [2.75, 3.05) is 6.79 Å². The molecule has 0 bridgehead atoms. The first-order valence-electron chi connectivity index (χ1n) is 6.87. The Hall–Kier alpha value is -2.19. The molecule has 2 heterocycles. The van der Waals surface area contributed by atoms with E-state index in [4.69, 9.17) is 14.2 Å². The number of esters is 1. The smallest absolute Gasteiger partial charge is 0.326 e. The zero-order chi connectivity index (χ0) is 16.4. The first kappa shape index (κ1) is 15.7. The lowest BCUT2D eigenvalue weighted by Crippen LogP contribution is -2.22. The monoisotopic (exact) mass is 339 g/mol. The number of aromatic nitrogens is 1. The van der Waals surface area contributed by atoms with Crippen molar-refractivity contribution in [2.45, 2.75) is 26.7 Å². The standard InChI is InChI=1S/C15H14FNO5S/c1-9-7-23-15(19)17(9)4-13(18)21-6-11-3-12(16)2-10-5-20-8-22-14(10)11/h2-3,7H,4-6,8H2,1H3. The van der Waals surface area contributed by atoms with Gasteiger partial charge >= 0.3 is 10.8 Å². The summed E-state index contributed by atoms with van der Waals surface area (Å²) in [6, 6.07) is 2.59. The summed E-state index contributed by atoms with van der Waals surface area (Å²) in [6.45, 7) is 1.76. The third-order valence-electron chi connectivity index (χ3n) is 3.40. The van der Waals surface area contributed by atoms with E-state index in [0.717, 1.165) is 11.3 Å². The summed E-state index contributed by atoms with van der Waals surface area (Å²) in [4.78, 5) is 23.3. The van der Waals surface area contributed by atoms with Gasteiger partial charge in [0, 0.05) is 22.2 Å². The minimum Gasteiger partial charge on any atom is -0.467 e. The molecule has 1 aromatic heterocycles. The minimum atomic E-state index is -0.571. The van der Waals surface area contributed by atoms with Crippen LogP contribution in [0.3, 0.4) is 0 Å². The van der Waals surface area contributed by atoms with Crippen molar-refractivity contribution < 1.29 is 23.4 Å². The van der Waals surface area contributed by atoms with Crippen molar-refractivity contribution in [1.82, 2.24) is 4.57 Å². The number of ether oxygens (including phenoxy) is 3. The first-order valence-corrected chi connectivity index (χ1v) is 7.75. The van der Waals surface area contributed by atoms with Gasteiger partial charge in [0.1, 0.15) is 24.7 Å². The second-order valence-corrected chi connectivity index (χ2v) is 5.87. The van der Waals surface area contributed by atoms with Crippen LogP contribution in [0.25, 0.3) is 0 Å². The molecule has 1 aliphatic rings. The Balaban J connectivity index is 1.70. The van der Waals surface area contributed by atoms with E-state index in [0.29, 0.717) is 22.6 Å². The average Bonchev–Trinajstić information content (AvgIpc) is 2.84. The molecule has 1 aromatic carbocycles. The van der Waals surface area contributed by atoms with Crippen LogP contribution in [0.15, 0.2) is 22.3 Å². The molecule has 0 radical (unpaired) electrons. The number of carbonyl (C=O) groups is 1. The van der Waals surface area contributed by atoms with Gasteiger partial charge in [0.2, 0.25) is 0 Å². The molecular weight excluding hydrogens is 325 g/mol. The summed E-state index contributed by atoms with van der Waals surface area (Å²) < 4.78 is 30.5. The summed E-state index contributed by atoms with van der Waals surface area (Å²) in [7, 11) is 0. The van der Waals surface area contributed by atoms with Gasteiger partial charge in [0.15, 0.2) is 6.79 Å². The van der Waals surface area contributed by atoms with Crippen LogP contribution in [0.1, 0.15) is 16.8 Å². The van der Waals surface area contributed by atoms with Crippen molar-refractivity contribution in [2.24, 2.45) is 0 Å². The molecule has 0 N–H and O–H groups in total. The fourth-order valence-corrected chi connectivity index (χ4v) is 3.03. The van der Waals surface area contributed by atoms with Crippen molar-refractivity contribution in [1.29, 1.82) is 0 Å². The molecule has 0 aliphatic carbocycles. The summed E-state index contributed by atoms with van der Waals surface area (Å²) in [5, 5.41) is 1.67. The lowest BCUT2D eigenvalue weighted by atomic mass is 10.1. The Labute approximate surface area is 135 Å². The van der Waals surface area contributed by atoms with Crippen molar-refractivity contribution >= 4 is 17.3 Å². The summed E-state index contributed by atoms with van der Waals surface area (Å²) in [6.07, 6.45) is 0. The molecule has 0 amide bonds. The van der Waals surface area contributed by atoms with Crippen LogP contribution in [0.4, 0.5) is 4.39 Å². The van der Waals surface area contributed by atoms with E-state index in [9.17, 15) is 14.0 Å². The molecule has 23 heavy (non-hydrogen) atoms. The van der Waals surface area contributed by atoms with Crippen LogP contribution >= 0.6 is 11.3 Å². The number of thiazole rings is 1. The van der Waals surface area contributed by atoms with E-state index in [1.54, 1.807) is 12.3 Å². The normalized spacial score (nSPS) is 13.3. The topological polar surface area (TPSA) is 66.8 Å². The molecule has 1 aliphatic heterocycles. The highest BCUT2D eigenvalue weighted by molar-refractivity contribution is 7.07. The van der Waals surface area contributed by atoms with Crippen LogP contribution in [-0.4, -0.2) is 17.3 Å². The highest BCUT2D eigenvalue weighted by Crippen LogP contribution is 2.29. The maximum absolute atomic E-state index is 13.6. The third-order valence-corrected chi connectivity index (χ3v) is 4.28. The number of hydrogen-bond acceptors (Lipinski definition) is 6. The van der Waals surface area contributed by atoms with E-state index in [2.05, 4.69) is 0 Å². The Morgan fingerprint density at radius 2 is 2.30 bits per heavy atom. The fraction of sp³-hybridized carbons (Fsp3) is 0.333. The summed E-state index contributed by atoms with van der Waals surface area (Å²) in [5.41, 5.74) is 1.71. The molecule has 2 aromatic rings. The van der Waals surface area contributed by atoms with E-state index in [1.165, 1.54) is 16.7 Å². The second-order valence-electron chi connectivity index (χ2n) is 5.05. The quantitative estimate of drug-likeness (QED) is 0.797. The Kier molecular flexibility index (Phi) is 4.44. The first-order chi connectivity index (χ1) is 11.0. The van der Waals surface area contributed by atoms with Crippen LogP contribution in [0.2, 0.25) is 0 Å². The Morgan fingerprint density at radius 1 is 1.48 bits per heavy atom. The number of aryl methyl sites for hydroxylation is 1. The predicted molar refractivity (Wildman–Crippen MR) is 79.8 cm³/mol. The average molecular weight is 339 g/mol. The van der Waals surface area contributed by atoms with E-state index in [-0.39, 0.29) is 31.4 Å². The third kappa shape index (κ3) is 3.43. The molecule has 6 nitrogen and oxygen atoms in total. The van der Waals surface area contributed by atoms with Crippen LogP contribution < -0.4 is 9.61 Å². The van der Waals surface area contributed by atoms with Gasteiger partial charge in [-0.15, -0.1) is 0 Å². The number of carbonyl (C=O) groups excluding carboxylic acids is 1. The fourth-order valence-electron chi connectivity index (χ4n) is 2.29. The SMILES string of the molecule is Cc1csc(=O)n1CC(=O)OCc1cc(F)cc2c1OCOC2. The van der Waals surface area contributed by atoms with Gasteiger partial charge in [-0.05, 0) is 19.1 Å². The number of benzene rings is 1. The molecule has 122 valence electrons. The van der Waals surface area contributed by atoms with Gasteiger partial charge in [-0.25, -0.2) is 4.39 Å². The van der Waals surface area contributed by atoms with Gasteiger partial charge in [-0.3, -0.25) is 14.2 Å². The highest BCUT2D eigenvalue weighted by Gasteiger charge is 2.18. The van der Waals surface area contributed by atoms with Gasteiger partial charge in [0.05, 0.1) is 6.61 Å². The van der Waals surface area contributed by atoms with E-state index in [1.807, 2.05) is 0 Å². The Morgan fingerprint density at radius 3 is 3.04 bits per heavy atom. The number of halogens is 1. The largest absolute Gasteiger partial charge is 0.467 e. The van der Waals surface area contributed by atoms with Gasteiger partial charge in [-0.2, -0.15) is 0 Å². The molecule has 0 unspecified atom stereocenters. The van der Waals surface area contributed by atoms with Gasteiger partial charge < -0.3 is 14.2 Å². The van der Waals surface area contributed by atoms with Crippen molar-refractivity contribution in [3.63, 3.8) is 0 Å². The van der Waals surface area contributed by atoms with Crippen LogP contribution in [0, 0.1) is 12.7 Å². The highest BCUT2D eigenvalue weighted by atomic mass is 32.1. The molecule has 0 fully saturated rings. The molecule has 0 saturated heterocycles. The minimum absolute atomic E-state index is 0.0725. The van der Waals surface area contributed by atoms with E-state index < -0.39 is 11.8 Å². The molecule has 3 rings (SSSR count). The lowest BCUT2D eigenvalue weighted by molar-refractivity contribution is -0.145. The number of hydrogen-bond donors (Lipinski definition) is 0. The molecule has 8 heteroatoms. The Bertz CT molecular complexity index is 798. The molecule has 0 saturated carbocycles. The van der Waals surface area contributed by atoms with E-state index >= 15 is 0 Å². The molecule has 0 atom stereocenters. The zero-order valence-electron chi connectivity index (χ0n) is 12.3. The van der Waals surface area contributed by atoms with Crippen LogP contribution in [0.5, 0.6) is 5.75 Å². The summed E-state index contributed by atoms with van der Waals surface area (Å²) in [5.74, 6) is -0.540. The van der Waals surface area contributed by atoms with Gasteiger partial charge in [0.25, 0.3) is 0 Å². The maximum Gasteiger partial charge on any atom is 0.326 e. The number of fused-ring (bicyclic) bond motifs is 1. The predicted octanol–water partition coefficient (Wildman–Crippen LogP) is 1.97. The van der Waals surface area contributed by atoms with Crippen molar-refractivity contribution in [3.05, 3.63) is 49.8 Å². The maximum atomic E-state index is 13.6. The van der Waals surface area contributed by atoms with Gasteiger partial charge in [-0.1, -0.05) is 11.3 Å². The second kappa shape index (κ2) is 6.51. The van der Waals surface area contributed by atoms with Crippen molar-refractivity contribution in [3.8, 4) is 5.75 Å². The number of nitrogens with zero attached hydrogens (tertiary/aromatic N) is 1. The molecular formula is C15H14FNO5S. The summed E-state index contributed by atoms with van der Waals surface area (Å²) >= 11 is 1.02. The lowest BCUT2D eigenvalue weighted by Gasteiger charge is -2.20. The molecule has 0 spiro atoms. The number of rotatable bonds is 4. The van der Waals surface area contributed by atoms with Crippen LogP contribution in [-0.2, 0) is 34.0 Å². The zero-order valence-corrected chi connectivity index (χ0v) is 13.2.